The number of hydrogen-bond donors (Lipinski definition) is 0. The summed E-state index contributed by atoms with van der Waals surface area (Å²) < 4.78 is 2.41. The van der Waals surface area contributed by atoms with Gasteiger partial charge in [0, 0.05) is 25.4 Å². The van der Waals surface area contributed by atoms with Crippen LogP contribution in [0.1, 0.15) is 24.7 Å². The minimum atomic E-state index is 0.633. The van der Waals surface area contributed by atoms with Gasteiger partial charge in [0.05, 0.1) is 11.0 Å². The zero-order chi connectivity index (χ0) is 14.8. The van der Waals surface area contributed by atoms with Crippen LogP contribution in [0.5, 0.6) is 0 Å². The predicted molar refractivity (Wildman–Crippen MR) is 89.1 cm³/mol. The smallest absolute Gasteiger partial charge is 0.111 e. The minimum Gasteiger partial charge on any atom is -0.328 e. The molecule has 1 atom stereocenters. The van der Waals surface area contributed by atoms with E-state index in [2.05, 4.69) is 41.5 Å². The maximum absolute atomic E-state index is 5.97. The van der Waals surface area contributed by atoms with Crippen molar-refractivity contribution in [2.24, 2.45) is 5.92 Å². The Morgan fingerprint density at radius 3 is 2.95 bits per heavy atom. The summed E-state index contributed by atoms with van der Waals surface area (Å²) in [5, 5.41) is 0. The van der Waals surface area contributed by atoms with Crippen LogP contribution in [-0.4, -0.2) is 40.0 Å². The standard InChI is InChI=1S/C17H24ClN3/c1-3-20-9-7-14(11-20)12-21-16-10-13(2)4-5-15(16)19-17(21)6-8-18/h4-5,10,14H,3,6-9,11-12H2,1-2H3. The first kappa shape index (κ1) is 14.9. The van der Waals surface area contributed by atoms with Gasteiger partial charge < -0.3 is 9.47 Å². The summed E-state index contributed by atoms with van der Waals surface area (Å²) in [7, 11) is 0. The molecular weight excluding hydrogens is 282 g/mol. The Labute approximate surface area is 131 Å². The molecule has 0 radical (unpaired) electrons. The van der Waals surface area contributed by atoms with Crippen molar-refractivity contribution in [2.75, 3.05) is 25.5 Å². The normalized spacial score (nSPS) is 19.7. The maximum atomic E-state index is 5.97. The van der Waals surface area contributed by atoms with E-state index in [1.165, 1.54) is 30.6 Å². The number of aromatic nitrogens is 2. The van der Waals surface area contributed by atoms with Crippen LogP contribution < -0.4 is 0 Å². The van der Waals surface area contributed by atoms with Crippen molar-refractivity contribution < 1.29 is 0 Å². The van der Waals surface area contributed by atoms with Gasteiger partial charge in [-0.05, 0) is 50.0 Å². The molecule has 1 aliphatic rings. The highest BCUT2D eigenvalue weighted by atomic mass is 35.5. The summed E-state index contributed by atoms with van der Waals surface area (Å²) in [5.41, 5.74) is 3.67. The fraction of sp³-hybridized carbons (Fsp3) is 0.588. The van der Waals surface area contributed by atoms with Crippen molar-refractivity contribution in [1.29, 1.82) is 0 Å². The highest BCUT2D eigenvalue weighted by Gasteiger charge is 2.23. The van der Waals surface area contributed by atoms with Gasteiger partial charge >= 0.3 is 0 Å². The van der Waals surface area contributed by atoms with Crippen molar-refractivity contribution in [3.63, 3.8) is 0 Å². The van der Waals surface area contributed by atoms with E-state index in [0.717, 1.165) is 36.8 Å². The van der Waals surface area contributed by atoms with E-state index in [1.807, 2.05) is 0 Å². The molecular formula is C17H24ClN3. The summed E-state index contributed by atoms with van der Waals surface area (Å²) in [4.78, 5) is 7.33. The second-order valence-electron chi connectivity index (χ2n) is 6.12. The van der Waals surface area contributed by atoms with Gasteiger partial charge in [-0.2, -0.15) is 0 Å². The Balaban J connectivity index is 1.91. The highest BCUT2D eigenvalue weighted by molar-refractivity contribution is 6.17. The first-order chi connectivity index (χ1) is 10.2. The fourth-order valence-corrected chi connectivity index (χ4v) is 3.54. The van der Waals surface area contributed by atoms with Crippen molar-refractivity contribution in [2.45, 2.75) is 33.2 Å². The van der Waals surface area contributed by atoms with Crippen LogP contribution in [0.15, 0.2) is 18.2 Å². The number of fused-ring (bicyclic) bond motifs is 1. The molecule has 0 amide bonds. The van der Waals surface area contributed by atoms with Crippen LogP contribution in [0.25, 0.3) is 11.0 Å². The molecule has 1 aromatic heterocycles. The lowest BCUT2D eigenvalue weighted by Crippen LogP contribution is -2.21. The Kier molecular flexibility index (Phi) is 4.51. The Hall–Kier alpha value is -1.06. The van der Waals surface area contributed by atoms with E-state index < -0.39 is 0 Å². The van der Waals surface area contributed by atoms with Crippen LogP contribution in [-0.2, 0) is 13.0 Å². The molecule has 4 heteroatoms. The molecule has 0 N–H and O–H groups in total. The predicted octanol–water partition coefficient (Wildman–Crippen LogP) is 3.47. The number of rotatable bonds is 5. The summed E-state index contributed by atoms with van der Waals surface area (Å²) >= 11 is 5.97. The molecule has 3 rings (SSSR count). The molecule has 2 aromatic rings. The van der Waals surface area contributed by atoms with Gasteiger partial charge in [0.15, 0.2) is 0 Å². The quantitative estimate of drug-likeness (QED) is 0.789. The van der Waals surface area contributed by atoms with Crippen LogP contribution in [0, 0.1) is 12.8 Å². The third kappa shape index (κ3) is 3.09. The van der Waals surface area contributed by atoms with Gasteiger partial charge in [0.2, 0.25) is 0 Å². The highest BCUT2D eigenvalue weighted by Crippen LogP contribution is 2.24. The first-order valence-corrected chi connectivity index (χ1v) is 8.48. The molecule has 1 saturated heterocycles. The van der Waals surface area contributed by atoms with E-state index in [-0.39, 0.29) is 0 Å². The zero-order valence-corrected chi connectivity index (χ0v) is 13.7. The van der Waals surface area contributed by atoms with Gasteiger partial charge in [0.25, 0.3) is 0 Å². The number of nitrogens with zero attached hydrogens (tertiary/aromatic N) is 3. The van der Waals surface area contributed by atoms with Gasteiger partial charge in [0.1, 0.15) is 5.82 Å². The molecule has 0 saturated carbocycles. The van der Waals surface area contributed by atoms with Gasteiger partial charge in [-0.15, -0.1) is 11.6 Å². The van der Waals surface area contributed by atoms with E-state index >= 15 is 0 Å². The maximum Gasteiger partial charge on any atom is 0.111 e. The SMILES string of the molecule is CCN1CCC(Cn2c(CCCl)nc3ccc(C)cc32)C1. The molecule has 1 unspecified atom stereocenters. The minimum absolute atomic E-state index is 0.633. The number of likely N-dealkylation sites (tertiary alicyclic amines) is 1. The third-order valence-electron chi connectivity index (χ3n) is 4.56. The second kappa shape index (κ2) is 6.37. The van der Waals surface area contributed by atoms with Crippen LogP contribution in [0.2, 0.25) is 0 Å². The lowest BCUT2D eigenvalue weighted by atomic mass is 10.1. The number of hydrogen-bond acceptors (Lipinski definition) is 2. The molecule has 1 aromatic carbocycles. The molecule has 21 heavy (non-hydrogen) atoms. The van der Waals surface area contributed by atoms with E-state index in [1.54, 1.807) is 0 Å². The molecule has 1 fully saturated rings. The monoisotopic (exact) mass is 305 g/mol. The van der Waals surface area contributed by atoms with E-state index in [9.17, 15) is 0 Å². The molecule has 1 aliphatic heterocycles. The molecule has 0 bridgehead atoms. The van der Waals surface area contributed by atoms with Crippen molar-refractivity contribution in [3.05, 3.63) is 29.6 Å². The lowest BCUT2D eigenvalue weighted by Gasteiger charge is -2.16. The third-order valence-corrected chi connectivity index (χ3v) is 4.75. The molecule has 0 aliphatic carbocycles. The number of alkyl halides is 1. The van der Waals surface area contributed by atoms with E-state index in [0.29, 0.717) is 5.88 Å². The topological polar surface area (TPSA) is 21.1 Å². The van der Waals surface area contributed by atoms with Crippen molar-refractivity contribution in [1.82, 2.24) is 14.5 Å². The molecule has 114 valence electrons. The van der Waals surface area contributed by atoms with Crippen LogP contribution in [0.3, 0.4) is 0 Å². The molecule has 3 nitrogen and oxygen atoms in total. The largest absolute Gasteiger partial charge is 0.328 e. The summed E-state index contributed by atoms with van der Waals surface area (Å²) in [6.07, 6.45) is 2.14. The summed E-state index contributed by atoms with van der Waals surface area (Å²) in [5.74, 6) is 2.51. The van der Waals surface area contributed by atoms with Gasteiger partial charge in [-0.3, -0.25) is 0 Å². The fourth-order valence-electron chi connectivity index (χ4n) is 3.37. The van der Waals surface area contributed by atoms with Crippen LogP contribution in [0.4, 0.5) is 0 Å². The Morgan fingerprint density at radius 2 is 2.24 bits per heavy atom. The van der Waals surface area contributed by atoms with Gasteiger partial charge in [-0.25, -0.2) is 4.98 Å². The zero-order valence-electron chi connectivity index (χ0n) is 13.0. The van der Waals surface area contributed by atoms with Crippen molar-refractivity contribution in [3.8, 4) is 0 Å². The average molecular weight is 306 g/mol. The summed E-state index contributed by atoms with van der Waals surface area (Å²) in [6, 6.07) is 6.52. The first-order valence-electron chi connectivity index (χ1n) is 7.95. The Morgan fingerprint density at radius 1 is 1.38 bits per heavy atom. The van der Waals surface area contributed by atoms with Gasteiger partial charge in [-0.1, -0.05) is 13.0 Å². The molecule has 0 spiro atoms. The number of benzene rings is 1. The second-order valence-corrected chi connectivity index (χ2v) is 6.50. The molecule has 2 heterocycles. The van der Waals surface area contributed by atoms with Crippen molar-refractivity contribution >= 4 is 22.6 Å². The summed E-state index contributed by atoms with van der Waals surface area (Å²) in [6.45, 7) is 9.07. The Bertz CT molecular complexity index is 620. The average Bonchev–Trinajstić information content (AvgIpc) is 3.06. The lowest BCUT2D eigenvalue weighted by molar-refractivity contribution is 0.332. The number of imidazole rings is 1. The van der Waals surface area contributed by atoms with Crippen LogP contribution >= 0.6 is 11.6 Å². The van der Waals surface area contributed by atoms with E-state index in [4.69, 9.17) is 16.6 Å². The number of aryl methyl sites for hydroxylation is 2. The number of halogens is 1.